The maximum absolute atomic E-state index is 11.6. The van der Waals surface area contributed by atoms with E-state index in [1.807, 2.05) is 0 Å². The largest absolute Gasteiger partial charge is 0.479 e. The van der Waals surface area contributed by atoms with Gasteiger partial charge in [0, 0.05) is 0 Å². The molecule has 4 N–H and O–H groups in total. The summed E-state index contributed by atoms with van der Waals surface area (Å²) < 4.78 is 30.8. The third-order valence-electron chi connectivity index (χ3n) is 2.29. The highest BCUT2D eigenvalue weighted by atomic mass is 31.3. The van der Waals surface area contributed by atoms with Crippen molar-refractivity contribution in [2.75, 3.05) is 13.2 Å². The van der Waals surface area contributed by atoms with E-state index in [2.05, 4.69) is 8.83 Å². The first-order chi connectivity index (χ1) is 6.65. The van der Waals surface area contributed by atoms with Crippen molar-refractivity contribution in [3.63, 3.8) is 0 Å². The van der Waals surface area contributed by atoms with Crippen molar-refractivity contribution in [2.24, 2.45) is 0 Å². The zero-order valence-corrected chi connectivity index (χ0v) is 9.60. The highest BCUT2D eigenvalue weighted by Crippen LogP contribution is 2.69. The normalized spacial score (nSPS) is 52.5. The van der Waals surface area contributed by atoms with Crippen molar-refractivity contribution in [1.82, 2.24) is 0 Å². The molecule has 0 aromatic carbocycles. The molecule has 15 heavy (non-hydrogen) atoms. The van der Waals surface area contributed by atoms with Crippen LogP contribution in [0, 0.1) is 0 Å². The molecule has 0 amide bonds. The fraction of sp³-hybridized carbons (Fsp3) is 1.00. The predicted molar refractivity (Wildman–Crippen MR) is 48.2 cm³/mol. The minimum absolute atomic E-state index is 0.671. The Morgan fingerprint density at radius 1 is 1.47 bits per heavy atom. The Morgan fingerprint density at radius 2 is 2.00 bits per heavy atom. The van der Waals surface area contributed by atoms with Crippen LogP contribution in [0.4, 0.5) is 0 Å². The molecule has 1 aliphatic rings. The number of aliphatic hydroxyl groups excluding tert-OH is 2. The maximum atomic E-state index is 11.6. The molecular formula is C5H12O8P2. The van der Waals surface area contributed by atoms with Crippen LogP contribution in [0.3, 0.4) is 0 Å². The van der Waals surface area contributed by atoms with Gasteiger partial charge in [0.05, 0.1) is 19.3 Å². The van der Waals surface area contributed by atoms with Gasteiger partial charge in [-0.1, -0.05) is 0 Å². The van der Waals surface area contributed by atoms with Crippen LogP contribution in [0.15, 0.2) is 0 Å². The lowest BCUT2D eigenvalue weighted by Gasteiger charge is -2.31. The van der Waals surface area contributed by atoms with Gasteiger partial charge in [0.1, 0.15) is 5.16 Å². The Hall–Kier alpha value is 0.220. The second-order valence-corrected chi connectivity index (χ2v) is 7.31. The number of phosphoric acid groups is 1. The van der Waals surface area contributed by atoms with Crippen molar-refractivity contribution in [3.05, 3.63) is 0 Å². The third kappa shape index (κ3) is 2.33. The topological polar surface area (TPSA) is 134 Å². The molecule has 90 valence electrons. The van der Waals surface area contributed by atoms with Gasteiger partial charge in [0.2, 0.25) is 0 Å². The van der Waals surface area contributed by atoms with Crippen LogP contribution in [0.25, 0.3) is 0 Å². The van der Waals surface area contributed by atoms with Crippen LogP contribution < -0.4 is 0 Å². The smallest absolute Gasteiger partial charge is 0.395 e. The first-order valence-corrected chi connectivity index (χ1v) is 7.02. The van der Waals surface area contributed by atoms with E-state index < -0.39 is 39.9 Å². The summed E-state index contributed by atoms with van der Waals surface area (Å²) >= 11 is 0. The molecule has 10 heteroatoms. The zero-order chi connectivity index (χ0) is 11.9. The molecule has 0 bridgehead atoms. The summed E-state index contributed by atoms with van der Waals surface area (Å²) in [5.41, 5.74) is 0. The summed E-state index contributed by atoms with van der Waals surface area (Å²) in [7, 11) is -9.33. The minimum atomic E-state index is -4.67. The Kier molecular flexibility index (Phi) is 3.46. The summed E-state index contributed by atoms with van der Waals surface area (Å²) in [5, 5.41) is 16.5. The van der Waals surface area contributed by atoms with Gasteiger partial charge < -0.3 is 20.0 Å². The average molecular weight is 262 g/mol. The van der Waals surface area contributed by atoms with E-state index in [1.165, 1.54) is 0 Å². The summed E-state index contributed by atoms with van der Waals surface area (Å²) in [5.74, 6) is 0. The molecule has 2 unspecified atom stereocenters. The average Bonchev–Trinajstić information content (AvgIpc) is 2.15. The molecular weight excluding hydrogens is 250 g/mol. The van der Waals surface area contributed by atoms with E-state index in [0.29, 0.717) is 0 Å². The Labute approximate surface area is 85.6 Å². The van der Waals surface area contributed by atoms with Gasteiger partial charge in [-0.05, 0) is 6.92 Å². The van der Waals surface area contributed by atoms with Gasteiger partial charge >= 0.3 is 15.4 Å². The van der Waals surface area contributed by atoms with E-state index in [-0.39, 0.29) is 0 Å². The first-order valence-electron chi connectivity index (χ1n) is 3.95. The summed E-state index contributed by atoms with van der Waals surface area (Å²) in [4.78, 5) is 18.3. The van der Waals surface area contributed by atoms with E-state index in [9.17, 15) is 19.1 Å². The Bertz CT molecular complexity index is 342. The molecule has 1 fully saturated rings. The van der Waals surface area contributed by atoms with E-state index in [4.69, 9.17) is 10.00 Å². The van der Waals surface area contributed by atoms with Crippen molar-refractivity contribution in [3.8, 4) is 0 Å². The van der Waals surface area contributed by atoms with Gasteiger partial charge in [-0.2, -0.15) is 0 Å². The number of hydrogen-bond donors (Lipinski definition) is 4. The predicted octanol–water partition coefficient (Wildman–Crippen LogP) is -0.569. The van der Waals surface area contributed by atoms with Gasteiger partial charge in [-0.3, -0.25) is 9.09 Å². The molecule has 0 aromatic heterocycles. The van der Waals surface area contributed by atoms with Crippen molar-refractivity contribution >= 4 is 15.4 Å². The fourth-order valence-corrected chi connectivity index (χ4v) is 4.00. The third-order valence-corrected chi connectivity index (χ3v) is 6.21. The summed E-state index contributed by atoms with van der Waals surface area (Å²) in [6.07, 6.45) is -1.58. The van der Waals surface area contributed by atoms with Gasteiger partial charge in [0.15, 0.2) is 0 Å². The molecule has 0 spiro atoms. The van der Waals surface area contributed by atoms with Gasteiger partial charge in [0.25, 0.3) is 0 Å². The first kappa shape index (κ1) is 13.3. The molecule has 1 saturated heterocycles. The summed E-state index contributed by atoms with van der Waals surface area (Å²) in [6.45, 7) is -0.492. The quantitative estimate of drug-likeness (QED) is 0.461. The lowest BCUT2D eigenvalue weighted by molar-refractivity contribution is 0.0472. The highest BCUT2D eigenvalue weighted by molar-refractivity contribution is 7.65. The lowest BCUT2D eigenvalue weighted by Crippen LogP contribution is -2.44. The monoisotopic (exact) mass is 262 g/mol. The van der Waals surface area contributed by atoms with Crippen LogP contribution >= 0.6 is 15.4 Å². The standard InChI is InChI=1S/C5H12O8P2/c1-5(3-6)4(7)2-12-15(10,11)13-14(5,8)9/h4,6-7H,2-3H2,1H3,(H,8,9)(H,10,11)/t4-,5+/m1/s1. The van der Waals surface area contributed by atoms with E-state index in [1.54, 1.807) is 0 Å². The lowest BCUT2D eigenvalue weighted by atomic mass is 10.1. The van der Waals surface area contributed by atoms with Gasteiger partial charge in [-0.25, -0.2) is 8.88 Å². The number of rotatable bonds is 1. The maximum Gasteiger partial charge on any atom is 0.479 e. The second-order valence-electron chi connectivity index (χ2n) is 3.40. The Morgan fingerprint density at radius 3 is 2.47 bits per heavy atom. The fourth-order valence-electron chi connectivity index (χ4n) is 0.984. The van der Waals surface area contributed by atoms with Crippen LogP contribution in [0.2, 0.25) is 0 Å². The molecule has 0 saturated carbocycles. The van der Waals surface area contributed by atoms with Crippen molar-refractivity contribution in [2.45, 2.75) is 18.2 Å². The SMILES string of the molecule is C[C@]1(CO)[C@H](O)COP(=O)(O)OP1(=O)O. The molecule has 0 aliphatic carbocycles. The molecule has 0 radical (unpaired) electrons. The van der Waals surface area contributed by atoms with Crippen LogP contribution in [-0.2, 0) is 18.0 Å². The highest BCUT2D eigenvalue weighted by Gasteiger charge is 2.56. The van der Waals surface area contributed by atoms with Crippen molar-refractivity contribution in [1.29, 1.82) is 0 Å². The van der Waals surface area contributed by atoms with Crippen LogP contribution in [-0.4, -0.2) is 44.5 Å². The molecule has 1 aliphatic heterocycles. The molecule has 0 aromatic rings. The number of aliphatic hydroxyl groups is 2. The van der Waals surface area contributed by atoms with Gasteiger partial charge in [-0.15, -0.1) is 0 Å². The van der Waals surface area contributed by atoms with Crippen LogP contribution in [0.1, 0.15) is 6.92 Å². The summed E-state index contributed by atoms with van der Waals surface area (Å²) in [6, 6.07) is 0. The minimum Gasteiger partial charge on any atom is -0.395 e. The molecule has 1 heterocycles. The second kappa shape index (κ2) is 3.91. The van der Waals surface area contributed by atoms with E-state index in [0.717, 1.165) is 6.92 Å². The molecule has 4 atom stereocenters. The number of phosphoric ester groups is 1. The zero-order valence-electron chi connectivity index (χ0n) is 7.81. The number of hydrogen-bond acceptors (Lipinski definition) is 6. The van der Waals surface area contributed by atoms with Crippen LogP contribution in [0.5, 0.6) is 0 Å². The molecule has 8 nitrogen and oxygen atoms in total. The molecule has 1 rings (SSSR count). The van der Waals surface area contributed by atoms with Crippen molar-refractivity contribution < 1.29 is 38.0 Å². The van der Waals surface area contributed by atoms with E-state index >= 15 is 0 Å². The Balaban J connectivity index is 3.18.